The molecule has 0 bridgehead atoms. The van der Waals surface area contributed by atoms with Gasteiger partial charge in [0.1, 0.15) is 5.76 Å². The number of rotatable bonds is 2. The highest BCUT2D eigenvalue weighted by Crippen LogP contribution is 2.40. The average molecular weight is 291 g/mol. The molecule has 3 heterocycles. The number of nitrogens with zero attached hydrogens (tertiary/aromatic N) is 3. The molecule has 3 aliphatic rings. The van der Waals surface area contributed by atoms with Gasteiger partial charge in [-0.2, -0.15) is 0 Å². The highest BCUT2D eigenvalue weighted by molar-refractivity contribution is 5.92. The molecule has 6 heteroatoms. The van der Waals surface area contributed by atoms with E-state index in [9.17, 15) is 4.79 Å². The fraction of sp³-hybridized carbons (Fsp3) is 0.733. The molecule has 21 heavy (non-hydrogen) atoms. The van der Waals surface area contributed by atoms with Crippen LogP contribution in [-0.4, -0.2) is 66.8 Å². The minimum atomic E-state index is -0.0232. The van der Waals surface area contributed by atoms with Crippen molar-refractivity contribution in [2.75, 3.05) is 39.8 Å². The maximum atomic E-state index is 12.5. The molecule has 0 spiro atoms. The molecule has 2 aliphatic heterocycles. The first-order valence-electron chi connectivity index (χ1n) is 7.77. The van der Waals surface area contributed by atoms with Gasteiger partial charge < -0.3 is 19.1 Å². The van der Waals surface area contributed by atoms with Crippen LogP contribution in [0.25, 0.3) is 0 Å². The predicted molar refractivity (Wildman–Crippen MR) is 75.1 cm³/mol. The van der Waals surface area contributed by atoms with Gasteiger partial charge in [-0.1, -0.05) is 5.16 Å². The Morgan fingerprint density at radius 3 is 3.00 bits per heavy atom. The SMILES string of the molecule is CN1CCO[C@@H]2CN(C(=O)c3cc(C4CC4)on3)C[C@@H]2C1. The van der Waals surface area contributed by atoms with Crippen molar-refractivity contribution in [1.82, 2.24) is 15.0 Å². The molecule has 2 atom stereocenters. The second-order valence-corrected chi connectivity index (χ2v) is 6.53. The molecular weight excluding hydrogens is 270 g/mol. The van der Waals surface area contributed by atoms with E-state index in [-0.39, 0.29) is 12.0 Å². The summed E-state index contributed by atoms with van der Waals surface area (Å²) in [7, 11) is 2.11. The van der Waals surface area contributed by atoms with Crippen LogP contribution >= 0.6 is 0 Å². The number of carbonyl (C=O) groups excluding carboxylic acids is 1. The normalized spacial score (nSPS) is 30.2. The molecule has 2 saturated heterocycles. The van der Waals surface area contributed by atoms with E-state index in [0.717, 1.165) is 44.8 Å². The minimum Gasteiger partial charge on any atom is -0.375 e. The van der Waals surface area contributed by atoms with Gasteiger partial charge in [-0.25, -0.2) is 0 Å². The summed E-state index contributed by atoms with van der Waals surface area (Å²) in [6.07, 6.45) is 2.46. The summed E-state index contributed by atoms with van der Waals surface area (Å²) in [4.78, 5) is 16.7. The van der Waals surface area contributed by atoms with Crippen LogP contribution in [0.1, 0.15) is 35.0 Å². The molecule has 4 rings (SSSR count). The first kappa shape index (κ1) is 13.3. The summed E-state index contributed by atoms with van der Waals surface area (Å²) < 4.78 is 11.2. The second kappa shape index (κ2) is 5.10. The molecule has 0 radical (unpaired) electrons. The van der Waals surface area contributed by atoms with Crippen molar-refractivity contribution in [2.45, 2.75) is 24.9 Å². The van der Waals surface area contributed by atoms with Crippen LogP contribution in [0.5, 0.6) is 0 Å². The first-order chi connectivity index (χ1) is 10.2. The van der Waals surface area contributed by atoms with Crippen molar-refractivity contribution in [3.8, 4) is 0 Å². The molecule has 1 amide bonds. The third-order valence-electron chi connectivity index (χ3n) is 4.75. The molecule has 1 aromatic rings. The average Bonchev–Trinajstić information content (AvgIpc) is 3.12. The van der Waals surface area contributed by atoms with Crippen LogP contribution in [0, 0.1) is 5.92 Å². The molecule has 3 fully saturated rings. The Hall–Kier alpha value is -1.40. The highest BCUT2D eigenvalue weighted by Gasteiger charge is 2.39. The molecule has 1 aliphatic carbocycles. The van der Waals surface area contributed by atoms with Gasteiger partial charge in [-0.05, 0) is 19.9 Å². The van der Waals surface area contributed by atoms with Crippen molar-refractivity contribution in [3.63, 3.8) is 0 Å². The van der Waals surface area contributed by atoms with E-state index in [0.29, 0.717) is 24.1 Å². The summed E-state index contributed by atoms with van der Waals surface area (Å²) in [6, 6.07) is 1.82. The highest BCUT2D eigenvalue weighted by atomic mass is 16.5. The number of hydrogen-bond donors (Lipinski definition) is 0. The zero-order valence-corrected chi connectivity index (χ0v) is 12.3. The third kappa shape index (κ3) is 2.58. The number of likely N-dealkylation sites (N-methyl/N-ethyl adjacent to an activating group) is 1. The van der Waals surface area contributed by atoms with Crippen LogP contribution in [-0.2, 0) is 4.74 Å². The monoisotopic (exact) mass is 291 g/mol. The molecule has 1 saturated carbocycles. The maximum Gasteiger partial charge on any atom is 0.276 e. The Kier molecular flexibility index (Phi) is 3.23. The van der Waals surface area contributed by atoms with E-state index < -0.39 is 0 Å². The molecular formula is C15H21N3O3. The lowest BCUT2D eigenvalue weighted by Crippen LogP contribution is -2.32. The summed E-state index contributed by atoms with van der Waals surface area (Å²) in [5.74, 6) is 1.73. The fourth-order valence-corrected chi connectivity index (χ4v) is 3.34. The van der Waals surface area contributed by atoms with Gasteiger partial charge in [-0.3, -0.25) is 4.79 Å². The van der Waals surface area contributed by atoms with Gasteiger partial charge in [0.25, 0.3) is 5.91 Å². The molecule has 0 unspecified atom stereocenters. The lowest BCUT2D eigenvalue weighted by atomic mass is 10.1. The van der Waals surface area contributed by atoms with Crippen molar-refractivity contribution < 1.29 is 14.1 Å². The van der Waals surface area contributed by atoms with Crippen molar-refractivity contribution in [1.29, 1.82) is 0 Å². The maximum absolute atomic E-state index is 12.5. The number of hydrogen-bond acceptors (Lipinski definition) is 5. The standard InChI is InChI=1S/C15H21N3O3/c1-17-4-5-20-14-9-18(8-11(14)7-17)15(19)12-6-13(21-16-12)10-2-3-10/h6,10-11,14H,2-5,7-9H2,1H3/t11-,14+/m0/s1. The van der Waals surface area contributed by atoms with Crippen LogP contribution in [0.3, 0.4) is 0 Å². The van der Waals surface area contributed by atoms with Crippen LogP contribution in [0.2, 0.25) is 0 Å². The van der Waals surface area contributed by atoms with Crippen LogP contribution in [0.15, 0.2) is 10.6 Å². The van der Waals surface area contributed by atoms with Crippen LogP contribution in [0.4, 0.5) is 0 Å². The Morgan fingerprint density at radius 2 is 2.19 bits per heavy atom. The number of ether oxygens (including phenoxy) is 1. The molecule has 0 aromatic carbocycles. The van der Waals surface area contributed by atoms with E-state index in [1.165, 1.54) is 0 Å². The lowest BCUT2D eigenvalue weighted by molar-refractivity contribution is 0.0485. The van der Waals surface area contributed by atoms with Gasteiger partial charge in [0.15, 0.2) is 5.69 Å². The first-order valence-corrected chi connectivity index (χ1v) is 7.77. The summed E-state index contributed by atoms with van der Waals surface area (Å²) in [5, 5.41) is 3.96. The summed E-state index contributed by atoms with van der Waals surface area (Å²) >= 11 is 0. The summed E-state index contributed by atoms with van der Waals surface area (Å²) in [5.41, 5.74) is 0.446. The number of likely N-dealkylation sites (tertiary alicyclic amines) is 1. The van der Waals surface area contributed by atoms with E-state index >= 15 is 0 Å². The quantitative estimate of drug-likeness (QED) is 0.812. The predicted octanol–water partition coefficient (Wildman–Crippen LogP) is 0.955. The van der Waals surface area contributed by atoms with Crippen LogP contribution < -0.4 is 0 Å². The van der Waals surface area contributed by atoms with Gasteiger partial charge in [-0.15, -0.1) is 0 Å². The number of aromatic nitrogens is 1. The van der Waals surface area contributed by atoms with Gasteiger partial charge in [0, 0.05) is 44.1 Å². The van der Waals surface area contributed by atoms with E-state index in [1.807, 2.05) is 11.0 Å². The lowest BCUT2D eigenvalue weighted by Gasteiger charge is -2.18. The topological polar surface area (TPSA) is 58.8 Å². The molecule has 1 aromatic heterocycles. The zero-order chi connectivity index (χ0) is 14.4. The van der Waals surface area contributed by atoms with E-state index in [2.05, 4.69) is 17.1 Å². The zero-order valence-electron chi connectivity index (χ0n) is 12.3. The van der Waals surface area contributed by atoms with Crippen molar-refractivity contribution in [2.24, 2.45) is 5.92 Å². The molecule has 6 nitrogen and oxygen atoms in total. The Bertz CT molecular complexity index is 540. The largest absolute Gasteiger partial charge is 0.375 e. The molecule has 114 valence electrons. The summed E-state index contributed by atoms with van der Waals surface area (Å²) in [6.45, 7) is 4.12. The van der Waals surface area contributed by atoms with Crippen molar-refractivity contribution in [3.05, 3.63) is 17.5 Å². The van der Waals surface area contributed by atoms with E-state index in [1.54, 1.807) is 0 Å². The minimum absolute atomic E-state index is 0.0232. The second-order valence-electron chi connectivity index (χ2n) is 6.53. The number of amides is 1. The Labute approximate surface area is 124 Å². The van der Waals surface area contributed by atoms with Gasteiger partial charge >= 0.3 is 0 Å². The fourth-order valence-electron chi connectivity index (χ4n) is 3.34. The van der Waals surface area contributed by atoms with E-state index in [4.69, 9.17) is 9.26 Å². The van der Waals surface area contributed by atoms with Gasteiger partial charge in [0.2, 0.25) is 0 Å². The molecule has 0 N–H and O–H groups in total. The number of fused-ring (bicyclic) bond motifs is 1. The number of carbonyl (C=O) groups is 1. The van der Waals surface area contributed by atoms with Crippen molar-refractivity contribution >= 4 is 5.91 Å². The Morgan fingerprint density at radius 1 is 1.33 bits per heavy atom. The third-order valence-corrected chi connectivity index (χ3v) is 4.75. The Balaban J connectivity index is 1.45. The van der Waals surface area contributed by atoms with Gasteiger partial charge in [0.05, 0.1) is 12.7 Å². The smallest absolute Gasteiger partial charge is 0.276 e.